The van der Waals surface area contributed by atoms with Crippen LogP contribution in [-0.2, 0) is 12.4 Å². The van der Waals surface area contributed by atoms with Crippen molar-refractivity contribution in [2.75, 3.05) is 0 Å². The van der Waals surface area contributed by atoms with E-state index in [0.717, 1.165) is 12.3 Å². The lowest BCUT2D eigenvalue weighted by atomic mass is 9.97. The van der Waals surface area contributed by atoms with Crippen LogP contribution in [0.1, 0.15) is 28.5 Å². The van der Waals surface area contributed by atoms with Gasteiger partial charge in [0.1, 0.15) is 11.8 Å². The lowest BCUT2D eigenvalue weighted by Crippen LogP contribution is -2.14. The maximum absolute atomic E-state index is 13.2. The van der Waals surface area contributed by atoms with E-state index in [0.29, 0.717) is 12.1 Å². The quantitative estimate of drug-likeness (QED) is 0.657. The van der Waals surface area contributed by atoms with Gasteiger partial charge in [0.2, 0.25) is 0 Å². The monoisotopic (exact) mass is 361 g/mol. The molecule has 0 radical (unpaired) electrons. The molecule has 0 spiro atoms. The number of aliphatic hydroxyl groups excluding tert-OH is 1. The number of hydrogen-bond donors (Lipinski definition) is 1. The molecule has 132 valence electrons. The molecule has 0 aliphatic rings. The lowest BCUT2D eigenvalue weighted by molar-refractivity contribution is -0.142. The Bertz CT molecular complexity index is 899. The fraction of sp³-hybridized carbons (Fsp3) is 0.188. The molecule has 0 aliphatic carbocycles. The molecule has 0 saturated heterocycles. The Morgan fingerprint density at radius 3 is 2.28 bits per heavy atom. The highest BCUT2D eigenvalue weighted by molar-refractivity contribution is 5.86. The second-order valence-electron chi connectivity index (χ2n) is 5.25. The number of fused-ring (bicyclic) bond motifs is 1. The number of aliphatic hydroxyl groups is 1. The third-order valence-corrected chi connectivity index (χ3v) is 3.62. The smallest absolute Gasteiger partial charge is 0.433 e. The number of halogens is 6. The molecular weight excluding hydrogens is 352 g/mol. The van der Waals surface area contributed by atoms with Gasteiger partial charge in [-0.2, -0.15) is 26.3 Å². The van der Waals surface area contributed by atoms with Crippen LogP contribution in [-0.4, -0.2) is 10.1 Å². The van der Waals surface area contributed by atoms with Crippen molar-refractivity contribution in [2.24, 2.45) is 0 Å². The van der Waals surface area contributed by atoms with Crippen molar-refractivity contribution in [3.63, 3.8) is 0 Å². The topological polar surface area (TPSA) is 46.3 Å². The van der Waals surface area contributed by atoms with E-state index in [2.05, 4.69) is 4.98 Å². The first-order valence-corrected chi connectivity index (χ1v) is 6.87. The molecule has 1 aromatic carbocycles. The first-order valence-electron chi connectivity index (χ1n) is 6.87. The van der Waals surface area contributed by atoms with E-state index in [4.69, 9.17) is 4.42 Å². The first kappa shape index (κ1) is 17.3. The van der Waals surface area contributed by atoms with Gasteiger partial charge in [-0.15, -0.1) is 0 Å². The van der Waals surface area contributed by atoms with Gasteiger partial charge in [-0.1, -0.05) is 12.1 Å². The average Bonchev–Trinajstić information content (AvgIpc) is 3.05. The van der Waals surface area contributed by atoms with Crippen LogP contribution >= 0.6 is 0 Å². The summed E-state index contributed by atoms with van der Waals surface area (Å²) in [7, 11) is 0. The molecule has 0 bridgehead atoms. The van der Waals surface area contributed by atoms with E-state index < -0.39 is 35.2 Å². The number of benzene rings is 1. The number of nitrogens with zero attached hydrogens (tertiary/aromatic N) is 1. The van der Waals surface area contributed by atoms with Crippen LogP contribution in [0.15, 0.2) is 47.3 Å². The van der Waals surface area contributed by atoms with Crippen LogP contribution in [0.4, 0.5) is 26.3 Å². The van der Waals surface area contributed by atoms with Crippen LogP contribution in [0.3, 0.4) is 0 Å². The van der Waals surface area contributed by atoms with Crippen LogP contribution < -0.4 is 0 Å². The Balaban J connectivity index is 2.35. The van der Waals surface area contributed by atoms with E-state index in [1.807, 2.05) is 0 Å². The molecule has 0 saturated carbocycles. The van der Waals surface area contributed by atoms with Crippen molar-refractivity contribution in [3.8, 4) is 0 Å². The molecule has 0 aliphatic heterocycles. The fourth-order valence-electron chi connectivity index (χ4n) is 2.49. The van der Waals surface area contributed by atoms with Crippen molar-refractivity contribution in [2.45, 2.75) is 18.5 Å². The molecule has 9 heteroatoms. The summed E-state index contributed by atoms with van der Waals surface area (Å²) in [5, 5.41) is 10.1. The highest BCUT2D eigenvalue weighted by atomic mass is 19.4. The van der Waals surface area contributed by atoms with E-state index in [-0.39, 0.29) is 16.5 Å². The number of para-hydroxylation sites is 1. The zero-order chi connectivity index (χ0) is 18.4. The van der Waals surface area contributed by atoms with Crippen molar-refractivity contribution >= 4 is 10.9 Å². The predicted molar refractivity (Wildman–Crippen MR) is 74.5 cm³/mol. The summed E-state index contributed by atoms with van der Waals surface area (Å²) in [5.41, 5.74) is -3.93. The molecule has 3 aromatic rings. The van der Waals surface area contributed by atoms with Crippen molar-refractivity contribution in [3.05, 3.63) is 65.2 Å². The summed E-state index contributed by atoms with van der Waals surface area (Å²) >= 11 is 0. The average molecular weight is 361 g/mol. The maximum Gasteiger partial charge on any atom is 0.433 e. The molecule has 1 unspecified atom stereocenters. The van der Waals surface area contributed by atoms with Crippen LogP contribution in [0.25, 0.3) is 10.9 Å². The minimum atomic E-state index is -4.97. The number of pyridine rings is 1. The Morgan fingerprint density at radius 1 is 1.00 bits per heavy atom. The van der Waals surface area contributed by atoms with Gasteiger partial charge in [0.25, 0.3) is 0 Å². The van der Waals surface area contributed by atoms with Gasteiger partial charge in [-0.3, -0.25) is 0 Å². The van der Waals surface area contributed by atoms with E-state index in [1.54, 1.807) is 0 Å². The third-order valence-electron chi connectivity index (χ3n) is 3.62. The van der Waals surface area contributed by atoms with Crippen molar-refractivity contribution < 1.29 is 35.9 Å². The Hall–Kier alpha value is -2.55. The molecular formula is C16H9F6NO2. The number of rotatable bonds is 2. The zero-order valence-corrected chi connectivity index (χ0v) is 12.2. The molecule has 25 heavy (non-hydrogen) atoms. The van der Waals surface area contributed by atoms with Gasteiger partial charge in [0.05, 0.1) is 23.6 Å². The standard InChI is InChI=1S/C16H9F6NO2/c17-15(18,19)11-3-1-2-9-10(14(24)8-4-5-25-7-8)6-12(16(20,21)22)23-13(9)11/h1-7,14,24H. The summed E-state index contributed by atoms with van der Waals surface area (Å²) < 4.78 is 83.5. The Labute approximate surface area is 136 Å². The van der Waals surface area contributed by atoms with Crippen LogP contribution in [0.2, 0.25) is 0 Å². The van der Waals surface area contributed by atoms with Gasteiger partial charge in [-0.25, -0.2) is 4.98 Å². The molecule has 1 atom stereocenters. The third kappa shape index (κ3) is 3.19. The number of alkyl halides is 6. The van der Waals surface area contributed by atoms with Gasteiger partial charge in [0.15, 0.2) is 0 Å². The first-order chi connectivity index (χ1) is 11.6. The van der Waals surface area contributed by atoms with E-state index in [1.165, 1.54) is 18.4 Å². The normalized spacial score (nSPS) is 14.0. The lowest BCUT2D eigenvalue weighted by Gasteiger charge is -2.18. The summed E-state index contributed by atoms with van der Waals surface area (Å²) in [6.45, 7) is 0. The molecule has 1 N–H and O–H groups in total. The maximum atomic E-state index is 13.2. The van der Waals surface area contributed by atoms with E-state index >= 15 is 0 Å². The Morgan fingerprint density at radius 2 is 1.72 bits per heavy atom. The second kappa shape index (κ2) is 5.76. The van der Waals surface area contributed by atoms with Gasteiger partial charge in [-0.05, 0) is 23.8 Å². The number of aromatic nitrogens is 1. The molecule has 2 aromatic heterocycles. The summed E-state index contributed by atoms with van der Waals surface area (Å²) in [5.74, 6) is 0. The molecule has 3 nitrogen and oxygen atoms in total. The summed E-state index contributed by atoms with van der Waals surface area (Å²) in [4.78, 5) is 3.16. The van der Waals surface area contributed by atoms with Gasteiger partial charge in [0, 0.05) is 10.9 Å². The van der Waals surface area contributed by atoms with Crippen molar-refractivity contribution in [1.82, 2.24) is 4.98 Å². The van der Waals surface area contributed by atoms with Crippen molar-refractivity contribution in [1.29, 1.82) is 0 Å². The molecule has 0 amide bonds. The highest BCUT2D eigenvalue weighted by Crippen LogP contribution is 2.39. The summed E-state index contributed by atoms with van der Waals surface area (Å²) in [6.07, 6.45) is -9.19. The van der Waals surface area contributed by atoms with Crippen LogP contribution in [0, 0.1) is 0 Å². The predicted octanol–water partition coefficient (Wildman–Crippen LogP) is 4.95. The SMILES string of the molecule is OC(c1ccoc1)c1cc(C(F)(F)F)nc2c(C(F)(F)F)cccc12. The number of hydrogen-bond acceptors (Lipinski definition) is 3. The van der Waals surface area contributed by atoms with Gasteiger partial charge < -0.3 is 9.52 Å². The zero-order valence-electron chi connectivity index (χ0n) is 12.2. The largest absolute Gasteiger partial charge is 0.472 e. The van der Waals surface area contributed by atoms with E-state index in [9.17, 15) is 31.4 Å². The second-order valence-corrected chi connectivity index (χ2v) is 5.25. The highest BCUT2D eigenvalue weighted by Gasteiger charge is 2.38. The molecule has 2 heterocycles. The molecule has 0 fully saturated rings. The molecule has 3 rings (SSSR count). The number of furan rings is 1. The minimum Gasteiger partial charge on any atom is -0.472 e. The summed E-state index contributed by atoms with van der Waals surface area (Å²) in [6, 6.07) is 4.71. The fourth-order valence-corrected chi connectivity index (χ4v) is 2.49. The minimum absolute atomic E-state index is 0.109. The van der Waals surface area contributed by atoms with Gasteiger partial charge >= 0.3 is 12.4 Å². The Kier molecular flexibility index (Phi) is 3.98. The van der Waals surface area contributed by atoms with Crippen LogP contribution in [0.5, 0.6) is 0 Å².